The normalized spacial score (nSPS) is 16.4. The number of rotatable bonds is 3. The zero-order valence-corrected chi connectivity index (χ0v) is 7.89. The van der Waals surface area contributed by atoms with E-state index in [1.165, 1.54) is 25.3 Å². The van der Waals surface area contributed by atoms with Crippen LogP contribution >= 0.6 is 0 Å². The van der Waals surface area contributed by atoms with Crippen LogP contribution in [-0.2, 0) is 0 Å². The van der Waals surface area contributed by atoms with E-state index < -0.39 is 11.6 Å². The van der Waals surface area contributed by atoms with E-state index in [0.717, 1.165) is 12.6 Å². The summed E-state index contributed by atoms with van der Waals surface area (Å²) in [4.78, 5) is 0. The Morgan fingerprint density at radius 3 is 2.57 bits per heavy atom. The Kier molecular flexibility index (Phi) is 2.66. The molecule has 0 radical (unpaired) electrons. The summed E-state index contributed by atoms with van der Waals surface area (Å²) >= 11 is 0. The highest BCUT2D eigenvalue weighted by Crippen LogP contribution is 2.26. The van der Waals surface area contributed by atoms with Gasteiger partial charge in [0.05, 0.1) is 0 Å². The van der Waals surface area contributed by atoms with Crippen molar-refractivity contribution in [3.63, 3.8) is 0 Å². The fraction of sp³-hybridized carbons (Fsp3) is 0.455. The van der Waals surface area contributed by atoms with E-state index in [4.69, 9.17) is 0 Å². The zero-order chi connectivity index (χ0) is 9.97. The summed E-state index contributed by atoms with van der Waals surface area (Å²) in [6.45, 7) is 0.866. The van der Waals surface area contributed by atoms with Gasteiger partial charge in [-0.2, -0.15) is 0 Å². The van der Waals surface area contributed by atoms with Crippen LogP contribution in [0.3, 0.4) is 0 Å². The Bertz CT molecular complexity index is 321. The van der Waals surface area contributed by atoms with Crippen LogP contribution in [0.4, 0.5) is 14.5 Å². The van der Waals surface area contributed by atoms with E-state index in [9.17, 15) is 8.78 Å². The SMILES string of the molecule is Fc1ccc(NCC2CCC2)cc1F. The molecule has 1 N–H and O–H groups in total. The van der Waals surface area contributed by atoms with Crippen molar-refractivity contribution >= 4 is 5.69 Å². The van der Waals surface area contributed by atoms with E-state index in [1.54, 1.807) is 6.07 Å². The van der Waals surface area contributed by atoms with Crippen LogP contribution in [-0.4, -0.2) is 6.54 Å². The largest absolute Gasteiger partial charge is 0.385 e. The second kappa shape index (κ2) is 3.95. The molecule has 1 nitrogen and oxygen atoms in total. The third-order valence-electron chi connectivity index (χ3n) is 2.74. The standard InChI is InChI=1S/C11H13F2N/c12-10-5-4-9(6-11(10)13)14-7-8-2-1-3-8/h4-6,8,14H,1-3,7H2. The molecule has 1 saturated carbocycles. The molecule has 3 heteroatoms. The van der Waals surface area contributed by atoms with E-state index in [-0.39, 0.29) is 0 Å². The number of nitrogens with one attached hydrogen (secondary N) is 1. The fourth-order valence-corrected chi connectivity index (χ4v) is 1.57. The number of benzene rings is 1. The smallest absolute Gasteiger partial charge is 0.160 e. The lowest BCUT2D eigenvalue weighted by Crippen LogP contribution is -2.20. The quantitative estimate of drug-likeness (QED) is 0.784. The van der Waals surface area contributed by atoms with Gasteiger partial charge in [-0.15, -0.1) is 0 Å². The minimum Gasteiger partial charge on any atom is -0.385 e. The van der Waals surface area contributed by atoms with Crippen molar-refractivity contribution < 1.29 is 8.78 Å². The highest BCUT2D eigenvalue weighted by Gasteiger charge is 2.16. The van der Waals surface area contributed by atoms with Crippen molar-refractivity contribution in [2.24, 2.45) is 5.92 Å². The molecule has 0 heterocycles. The first-order valence-electron chi connectivity index (χ1n) is 4.94. The number of anilines is 1. The van der Waals surface area contributed by atoms with Crippen molar-refractivity contribution in [1.82, 2.24) is 0 Å². The van der Waals surface area contributed by atoms with Crippen LogP contribution < -0.4 is 5.32 Å². The molecule has 14 heavy (non-hydrogen) atoms. The fourth-order valence-electron chi connectivity index (χ4n) is 1.57. The molecule has 0 unspecified atom stereocenters. The maximum Gasteiger partial charge on any atom is 0.160 e. The summed E-state index contributed by atoms with van der Waals surface area (Å²) in [6, 6.07) is 3.92. The topological polar surface area (TPSA) is 12.0 Å². The Morgan fingerprint density at radius 2 is 2.00 bits per heavy atom. The molecule has 1 aromatic rings. The highest BCUT2D eigenvalue weighted by molar-refractivity contribution is 5.43. The van der Waals surface area contributed by atoms with E-state index in [1.807, 2.05) is 0 Å². The van der Waals surface area contributed by atoms with Gasteiger partial charge in [-0.1, -0.05) is 6.42 Å². The average Bonchev–Trinajstić information content (AvgIpc) is 2.08. The summed E-state index contributed by atoms with van der Waals surface area (Å²) in [5.41, 5.74) is 0.663. The Labute approximate surface area is 82.1 Å². The molecule has 2 rings (SSSR count). The number of hydrogen-bond donors (Lipinski definition) is 1. The summed E-state index contributed by atoms with van der Waals surface area (Å²) in [7, 11) is 0. The van der Waals surface area contributed by atoms with Crippen LogP contribution in [0.5, 0.6) is 0 Å². The third kappa shape index (κ3) is 2.03. The first-order valence-corrected chi connectivity index (χ1v) is 4.94. The summed E-state index contributed by atoms with van der Waals surface area (Å²) in [5, 5.41) is 3.11. The molecule has 0 spiro atoms. The maximum atomic E-state index is 12.8. The van der Waals surface area contributed by atoms with E-state index >= 15 is 0 Å². The molecule has 0 bridgehead atoms. The van der Waals surface area contributed by atoms with Gasteiger partial charge >= 0.3 is 0 Å². The monoisotopic (exact) mass is 197 g/mol. The average molecular weight is 197 g/mol. The van der Waals surface area contributed by atoms with Gasteiger partial charge < -0.3 is 5.32 Å². The number of halogens is 2. The summed E-state index contributed by atoms with van der Waals surface area (Å²) in [6.07, 6.45) is 3.79. The Morgan fingerprint density at radius 1 is 1.21 bits per heavy atom. The minimum atomic E-state index is -0.792. The minimum absolute atomic E-state index is 0.663. The van der Waals surface area contributed by atoms with E-state index in [2.05, 4.69) is 5.32 Å². The summed E-state index contributed by atoms with van der Waals surface area (Å²) in [5.74, 6) is -0.870. The Balaban J connectivity index is 1.91. The molecular weight excluding hydrogens is 184 g/mol. The molecule has 1 aliphatic rings. The van der Waals surface area contributed by atoms with Crippen molar-refractivity contribution in [1.29, 1.82) is 0 Å². The molecule has 1 fully saturated rings. The Hall–Kier alpha value is -1.12. The lowest BCUT2D eigenvalue weighted by molar-refractivity contribution is 0.333. The number of hydrogen-bond acceptors (Lipinski definition) is 1. The summed E-state index contributed by atoms with van der Waals surface area (Å²) < 4.78 is 25.4. The predicted molar refractivity (Wildman–Crippen MR) is 52.2 cm³/mol. The van der Waals surface area contributed by atoms with Crippen molar-refractivity contribution in [3.8, 4) is 0 Å². The lowest BCUT2D eigenvalue weighted by Gasteiger charge is -2.25. The molecule has 0 aliphatic heterocycles. The molecule has 76 valence electrons. The molecule has 1 aliphatic carbocycles. The lowest BCUT2D eigenvalue weighted by atomic mass is 9.85. The first-order chi connectivity index (χ1) is 6.75. The second-order valence-electron chi connectivity index (χ2n) is 3.81. The molecular formula is C11H13F2N. The van der Waals surface area contributed by atoms with Crippen molar-refractivity contribution in [2.45, 2.75) is 19.3 Å². The van der Waals surface area contributed by atoms with Crippen LogP contribution in [0.15, 0.2) is 18.2 Å². The van der Waals surface area contributed by atoms with Gasteiger partial charge in [0, 0.05) is 12.2 Å². The van der Waals surface area contributed by atoms with Crippen molar-refractivity contribution in [3.05, 3.63) is 29.8 Å². The van der Waals surface area contributed by atoms with Gasteiger partial charge in [0.25, 0.3) is 0 Å². The van der Waals surface area contributed by atoms with Gasteiger partial charge in [-0.3, -0.25) is 0 Å². The third-order valence-corrected chi connectivity index (χ3v) is 2.74. The van der Waals surface area contributed by atoms with Gasteiger partial charge in [-0.25, -0.2) is 8.78 Å². The maximum absolute atomic E-state index is 12.8. The van der Waals surface area contributed by atoms with Crippen LogP contribution in [0.2, 0.25) is 0 Å². The van der Waals surface area contributed by atoms with Gasteiger partial charge in [-0.05, 0) is 37.0 Å². The highest BCUT2D eigenvalue weighted by atomic mass is 19.2. The van der Waals surface area contributed by atoms with Gasteiger partial charge in [0.2, 0.25) is 0 Å². The van der Waals surface area contributed by atoms with Crippen LogP contribution in [0.25, 0.3) is 0 Å². The molecule has 0 aromatic heterocycles. The zero-order valence-electron chi connectivity index (χ0n) is 7.89. The van der Waals surface area contributed by atoms with Gasteiger partial charge in [0.15, 0.2) is 11.6 Å². The van der Waals surface area contributed by atoms with Crippen LogP contribution in [0, 0.1) is 17.6 Å². The predicted octanol–water partition coefficient (Wildman–Crippen LogP) is 3.18. The molecule has 1 aromatic carbocycles. The molecule has 0 amide bonds. The van der Waals surface area contributed by atoms with Gasteiger partial charge in [0.1, 0.15) is 0 Å². The van der Waals surface area contributed by atoms with E-state index in [0.29, 0.717) is 11.6 Å². The first kappa shape index (κ1) is 9.44. The van der Waals surface area contributed by atoms with Crippen molar-refractivity contribution in [2.75, 3.05) is 11.9 Å². The van der Waals surface area contributed by atoms with Crippen LogP contribution in [0.1, 0.15) is 19.3 Å². The molecule has 0 atom stereocenters. The molecule has 0 saturated heterocycles. The second-order valence-corrected chi connectivity index (χ2v) is 3.81.